The fourth-order valence-electron chi connectivity index (χ4n) is 5.12. The number of aliphatic hydroxyl groups excluding tert-OH is 1. The van der Waals surface area contributed by atoms with E-state index in [0.29, 0.717) is 19.1 Å². The van der Waals surface area contributed by atoms with Crippen LogP contribution in [0.3, 0.4) is 0 Å². The van der Waals surface area contributed by atoms with Crippen LogP contribution in [0.1, 0.15) is 54.8 Å². The summed E-state index contributed by atoms with van der Waals surface area (Å²) in [4.78, 5) is 6.97. The van der Waals surface area contributed by atoms with Crippen LogP contribution in [-0.4, -0.2) is 53.6 Å². The van der Waals surface area contributed by atoms with Gasteiger partial charge in [-0.05, 0) is 24.5 Å². The number of hydrogen-bond acceptors (Lipinski definition) is 7. The van der Waals surface area contributed by atoms with Gasteiger partial charge in [0.1, 0.15) is 11.5 Å². The summed E-state index contributed by atoms with van der Waals surface area (Å²) in [6.07, 6.45) is 4.80. The standard InChI is InChI=1S/C21H27N3O4/c1-26-15-6-7-16-17-9-24(11-21(17,12-25)13-27-18(16)8-15)10-19-22-20(28-23-19)14-4-2-3-5-14/h6-8,14,17,25H,2-5,9-13H2,1H3/t17-,21-/m0/s1. The van der Waals surface area contributed by atoms with Gasteiger partial charge in [-0.15, -0.1) is 0 Å². The van der Waals surface area contributed by atoms with Gasteiger partial charge < -0.3 is 19.1 Å². The molecule has 7 heteroatoms. The first-order valence-corrected chi connectivity index (χ1v) is 10.2. The Balaban J connectivity index is 1.34. The van der Waals surface area contributed by atoms with Crippen molar-refractivity contribution in [2.24, 2.45) is 5.41 Å². The maximum Gasteiger partial charge on any atom is 0.229 e. The highest BCUT2D eigenvalue weighted by Gasteiger charge is 2.51. The molecular weight excluding hydrogens is 358 g/mol. The second-order valence-electron chi connectivity index (χ2n) is 8.47. The van der Waals surface area contributed by atoms with E-state index < -0.39 is 0 Å². The highest BCUT2D eigenvalue weighted by molar-refractivity contribution is 5.46. The van der Waals surface area contributed by atoms with Crippen LogP contribution in [0.2, 0.25) is 0 Å². The van der Waals surface area contributed by atoms with E-state index in [2.05, 4.69) is 21.1 Å². The fourth-order valence-corrected chi connectivity index (χ4v) is 5.12. The maximum absolute atomic E-state index is 10.2. The molecule has 1 aromatic heterocycles. The molecule has 0 spiro atoms. The highest BCUT2D eigenvalue weighted by Crippen LogP contribution is 2.50. The van der Waals surface area contributed by atoms with Crippen LogP contribution >= 0.6 is 0 Å². The van der Waals surface area contributed by atoms with E-state index in [1.807, 2.05) is 12.1 Å². The number of nitrogens with zero attached hydrogens (tertiary/aromatic N) is 3. The van der Waals surface area contributed by atoms with Gasteiger partial charge in [0.05, 0.1) is 26.9 Å². The smallest absolute Gasteiger partial charge is 0.229 e. The molecule has 1 aliphatic carbocycles. The van der Waals surface area contributed by atoms with Gasteiger partial charge in [-0.1, -0.05) is 24.1 Å². The van der Waals surface area contributed by atoms with Gasteiger partial charge >= 0.3 is 0 Å². The first-order valence-electron chi connectivity index (χ1n) is 10.2. The Bertz CT molecular complexity index is 848. The molecule has 1 saturated carbocycles. The molecule has 2 atom stereocenters. The van der Waals surface area contributed by atoms with E-state index in [1.165, 1.54) is 12.8 Å². The zero-order valence-corrected chi connectivity index (χ0v) is 16.3. The minimum absolute atomic E-state index is 0.0964. The molecule has 2 fully saturated rings. The van der Waals surface area contributed by atoms with Gasteiger partial charge in [-0.2, -0.15) is 4.98 Å². The fraction of sp³-hybridized carbons (Fsp3) is 0.619. The first kappa shape index (κ1) is 17.9. The summed E-state index contributed by atoms with van der Waals surface area (Å²) in [6.45, 7) is 2.84. The van der Waals surface area contributed by atoms with Crippen molar-refractivity contribution in [1.29, 1.82) is 0 Å². The normalized spacial score (nSPS) is 27.4. The Kier molecular flexibility index (Phi) is 4.51. The monoisotopic (exact) mass is 385 g/mol. The Morgan fingerprint density at radius 1 is 1.32 bits per heavy atom. The van der Waals surface area contributed by atoms with Crippen LogP contribution in [-0.2, 0) is 6.54 Å². The lowest BCUT2D eigenvalue weighted by Crippen LogP contribution is -2.42. The van der Waals surface area contributed by atoms with Gasteiger partial charge in [-0.3, -0.25) is 4.90 Å². The molecule has 7 nitrogen and oxygen atoms in total. The Labute approximate surface area is 164 Å². The van der Waals surface area contributed by atoms with Gasteiger partial charge in [0.15, 0.2) is 5.82 Å². The third-order valence-corrected chi connectivity index (χ3v) is 6.70. The average molecular weight is 385 g/mol. The first-order chi connectivity index (χ1) is 13.7. The molecule has 5 rings (SSSR count). The highest BCUT2D eigenvalue weighted by atomic mass is 16.5. The van der Waals surface area contributed by atoms with Crippen molar-refractivity contribution < 1.29 is 19.1 Å². The number of hydrogen-bond donors (Lipinski definition) is 1. The van der Waals surface area contributed by atoms with E-state index in [-0.39, 0.29) is 17.9 Å². The van der Waals surface area contributed by atoms with Crippen molar-refractivity contribution in [3.05, 3.63) is 35.5 Å². The lowest BCUT2D eigenvalue weighted by molar-refractivity contribution is 0.0454. The van der Waals surface area contributed by atoms with Gasteiger partial charge in [0, 0.05) is 36.4 Å². The van der Waals surface area contributed by atoms with Crippen molar-refractivity contribution in [3.63, 3.8) is 0 Å². The molecule has 28 heavy (non-hydrogen) atoms. The van der Waals surface area contributed by atoms with E-state index in [4.69, 9.17) is 14.0 Å². The molecule has 2 aromatic rings. The molecule has 0 unspecified atom stereocenters. The predicted molar refractivity (Wildman–Crippen MR) is 102 cm³/mol. The van der Waals surface area contributed by atoms with Crippen LogP contribution in [0.4, 0.5) is 0 Å². The zero-order chi connectivity index (χ0) is 19.1. The summed E-state index contributed by atoms with van der Waals surface area (Å²) in [7, 11) is 1.66. The number of aliphatic hydroxyl groups is 1. The number of methoxy groups -OCH3 is 1. The Morgan fingerprint density at radius 3 is 2.96 bits per heavy atom. The molecule has 0 radical (unpaired) electrons. The minimum atomic E-state index is -0.292. The second kappa shape index (κ2) is 7.04. The summed E-state index contributed by atoms with van der Waals surface area (Å²) >= 11 is 0. The minimum Gasteiger partial charge on any atom is -0.497 e. The van der Waals surface area contributed by atoms with Crippen molar-refractivity contribution in [3.8, 4) is 11.5 Å². The van der Waals surface area contributed by atoms with Crippen LogP contribution in [0.25, 0.3) is 0 Å². The van der Waals surface area contributed by atoms with Crippen molar-refractivity contribution in [1.82, 2.24) is 15.0 Å². The van der Waals surface area contributed by atoms with E-state index in [0.717, 1.165) is 54.7 Å². The van der Waals surface area contributed by atoms with Gasteiger partial charge in [0.2, 0.25) is 5.89 Å². The summed E-state index contributed by atoms with van der Waals surface area (Å²) in [5, 5.41) is 14.4. The van der Waals surface area contributed by atoms with Crippen molar-refractivity contribution >= 4 is 0 Å². The van der Waals surface area contributed by atoms with Crippen molar-refractivity contribution in [2.75, 3.05) is 33.4 Å². The molecule has 3 aliphatic rings. The number of rotatable bonds is 5. The lowest BCUT2D eigenvalue weighted by atomic mass is 9.74. The van der Waals surface area contributed by atoms with E-state index >= 15 is 0 Å². The largest absolute Gasteiger partial charge is 0.497 e. The third kappa shape index (κ3) is 2.97. The number of benzene rings is 1. The topological polar surface area (TPSA) is 80.9 Å². The Morgan fingerprint density at radius 2 is 2.18 bits per heavy atom. The average Bonchev–Trinajstić information content (AvgIpc) is 3.47. The molecule has 1 N–H and O–H groups in total. The van der Waals surface area contributed by atoms with E-state index in [1.54, 1.807) is 7.11 Å². The summed E-state index contributed by atoms with van der Waals surface area (Å²) in [5.41, 5.74) is 0.850. The van der Waals surface area contributed by atoms with Crippen LogP contribution in [0.15, 0.2) is 22.7 Å². The molecule has 1 saturated heterocycles. The Hall–Kier alpha value is -2.12. The van der Waals surface area contributed by atoms with Gasteiger partial charge in [-0.25, -0.2) is 0 Å². The molecular formula is C21H27N3O4. The van der Waals surface area contributed by atoms with Crippen LogP contribution in [0.5, 0.6) is 11.5 Å². The zero-order valence-electron chi connectivity index (χ0n) is 16.3. The maximum atomic E-state index is 10.2. The third-order valence-electron chi connectivity index (χ3n) is 6.70. The molecule has 2 aliphatic heterocycles. The molecule has 3 heterocycles. The van der Waals surface area contributed by atoms with Crippen LogP contribution < -0.4 is 9.47 Å². The van der Waals surface area contributed by atoms with Crippen molar-refractivity contribution in [2.45, 2.75) is 44.1 Å². The van der Waals surface area contributed by atoms with Crippen LogP contribution in [0, 0.1) is 5.41 Å². The SMILES string of the molecule is COc1ccc2c(c1)OC[C@@]1(CO)CN(Cc3noc(C4CCCC4)n3)C[C@@H]21. The number of likely N-dealkylation sites (tertiary alicyclic amines) is 1. The second-order valence-corrected chi connectivity index (χ2v) is 8.47. The number of fused-ring (bicyclic) bond motifs is 3. The summed E-state index contributed by atoms with van der Waals surface area (Å²) in [6, 6.07) is 5.97. The summed E-state index contributed by atoms with van der Waals surface area (Å²) in [5.74, 6) is 3.83. The quantitative estimate of drug-likeness (QED) is 0.847. The number of aromatic nitrogens is 2. The summed E-state index contributed by atoms with van der Waals surface area (Å²) < 4.78 is 16.9. The molecule has 1 aromatic carbocycles. The lowest BCUT2D eigenvalue weighted by Gasteiger charge is -2.38. The predicted octanol–water partition coefficient (Wildman–Crippen LogP) is 2.71. The molecule has 0 bridgehead atoms. The molecule has 150 valence electrons. The van der Waals surface area contributed by atoms with E-state index in [9.17, 15) is 5.11 Å². The molecule has 0 amide bonds. The number of ether oxygens (including phenoxy) is 2. The van der Waals surface area contributed by atoms with Gasteiger partial charge in [0.25, 0.3) is 0 Å².